The molecule has 12 nitrogen and oxygen atoms in total. The number of amides is 1. The van der Waals surface area contributed by atoms with Gasteiger partial charge in [0.05, 0.1) is 36.5 Å². The van der Waals surface area contributed by atoms with Gasteiger partial charge in [-0.15, -0.1) is 9.45 Å². The zero-order chi connectivity index (χ0) is 32.1. The molecule has 4 aromatic rings. The van der Waals surface area contributed by atoms with Crippen molar-refractivity contribution in [2.24, 2.45) is 15.6 Å². The first-order valence-electron chi connectivity index (χ1n) is 14.6. The second-order valence-corrected chi connectivity index (χ2v) is 11.8. The molecule has 0 radical (unpaired) electrons. The van der Waals surface area contributed by atoms with E-state index in [1.807, 2.05) is 30.3 Å². The molecule has 0 bridgehead atoms. The number of H-pyrrole nitrogens is 1. The molecule has 2 aromatic carbocycles. The SMILES string of the molecule is CCc1cc(-c2ccn[nH]2)c(O)cc1OCCCCC(C)(C)CNC(=O)c1ccc(N=NCc2ccccc2SOOO)nc1. The Morgan fingerprint density at radius 2 is 1.96 bits per heavy atom. The third kappa shape index (κ3) is 10.1. The molecule has 238 valence electrons. The second-order valence-electron chi connectivity index (χ2n) is 11.1. The smallest absolute Gasteiger partial charge is 0.252 e. The number of nitrogens with one attached hydrogen (secondary N) is 2. The lowest BCUT2D eigenvalue weighted by molar-refractivity contribution is -0.432. The number of phenolic OH excluding ortho intramolecular Hbond substituents is 1. The van der Waals surface area contributed by atoms with E-state index in [-0.39, 0.29) is 23.6 Å². The van der Waals surface area contributed by atoms with Gasteiger partial charge in [-0.2, -0.15) is 10.2 Å². The fourth-order valence-electron chi connectivity index (χ4n) is 4.58. The Kier molecular flexibility index (Phi) is 12.5. The minimum absolute atomic E-state index is 0.112. The molecule has 0 unspecified atom stereocenters. The summed E-state index contributed by atoms with van der Waals surface area (Å²) in [6.07, 6.45) is 6.59. The number of rotatable bonds is 17. The second kappa shape index (κ2) is 16.7. The Bertz CT molecular complexity index is 1550. The Hall–Kier alpha value is -4.30. The normalized spacial score (nSPS) is 11.6. The highest BCUT2D eigenvalue weighted by Gasteiger charge is 2.19. The first kappa shape index (κ1) is 33.6. The van der Waals surface area contributed by atoms with Crippen LogP contribution >= 0.6 is 12.0 Å². The average Bonchev–Trinajstić information content (AvgIpc) is 3.58. The van der Waals surface area contributed by atoms with Crippen LogP contribution in [0.2, 0.25) is 0 Å². The number of hydrogen-bond acceptors (Lipinski definition) is 11. The number of azo groups is 1. The number of nitrogens with zero attached hydrogens (tertiary/aromatic N) is 4. The van der Waals surface area contributed by atoms with Crippen LogP contribution in [0.5, 0.6) is 11.5 Å². The minimum Gasteiger partial charge on any atom is -0.507 e. The number of pyridine rings is 1. The molecule has 2 heterocycles. The molecular weight excluding hydrogens is 596 g/mol. The van der Waals surface area contributed by atoms with Crippen LogP contribution in [-0.4, -0.2) is 44.6 Å². The minimum atomic E-state index is -0.204. The maximum Gasteiger partial charge on any atom is 0.252 e. The van der Waals surface area contributed by atoms with Gasteiger partial charge in [-0.25, -0.2) is 10.2 Å². The van der Waals surface area contributed by atoms with Crippen LogP contribution in [0.1, 0.15) is 61.5 Å². The van der Waals surface area contributed by atoms with Crippen molar-refractivity contribution in [2.75, 3.05) is 13.2 Å². The topological polar surface area (TPSA) is 164 Å². The van der Waals surface area contributed by atoms with E-state index in [9.17, 15) is 9.90 Å². The van der Waals surface area contributed by atoms with E-state index in [0.29, 0.717) is 35.8 Å². The highest BCUT2D eigenvalue weighted by Crippen LogP contribution is 2.35. The molecule has 0 saturated heterocycles. The van der Waals surface area contributed by atoms with Gasteiger partial charge in [0.2, 0.25) is 0 Å². The van der Waals surface area contributed by atoms with Crippen LogP contribution < -0.4 is 10.1 Å². The Balaban J connectivity index is 1.18. The number of aromatic nitrogens is 3. The highest BCUT2D eigenvalue weighted by molar-refractivity contribution is 7.94. The lowest BCUT2D eigenvalue weighted by Gasteiger charge is -2.25. The predicted octanol–water partition coefficient (Wildman–Crippen LogP) is 7.46. The Labute approximate surface area is 266 Å². The van der Waals surface area contributed by atoms with Gasteiger partial charge in [0, 0.05) is 35.5 Å². The van der Waals surface area contributed by atoms with Gasteiger partial charge in [0.1, 0.15) is 11.5 Å². The maximum atomic E-state index is 12.8. The van der Waals surface area contributed by atoms with Crippen molar-refractivity contribution in [2.45, 2.75) is 57.9 Å². The first-order chi connectivity index (χ1) is 21.8. The molecule has 4 rings (SSSR count). The van der Waals surface area contributed by atoms with Crippen molar-refractivity contribution in [1.82, 2.24) is 20.5 Å². The molecule has 0 fully saturated rings. The van der Waals surface area contributed by atoms with Crippen LogP contribution in [0.25, 0.3) is 11.3 Å². The quantitative estimate of drug-likeness (QED) is 0.0303. The summed E-state index contributed by atoms with van der Waals surface area (Å²) in [4.78, 5) is 17.7. The van der Waals surface area contributed by atoms with Gasteiger partial charge in [0.25, 0.3) is 5.91 Å². The van der Waals surface area contributed by atoms with Crippen LogP contribution in [0.15, 0.2) is 82.1 Å². The van der Waals surface area contributed by atoms with E-state index < -0.39 is 0 Å². The Morgan fingerprint density at radius 1 is 1.11 bits per heavy atom. The summed E-state index contributed by atoms with van der Waals surface area (Å²) in [7, 11) is 0. The van der Waals surface area contributed by atoms with Gasteiger partial charge in [-0.3, -0.25) is 9.89 Å². The van der Waals surface area contributed by atoms with Crippen LogP contribution in [0, 0.1) is 5.41 Å². The standard InChI is InChI=1S/C32H38N6O6S/c1-4-22-17-25(26-13-15-35-37-26)27(39)18-28(22)42-16-8-7-14-32(2,3)21-34-31(40)24-11-12-30(33-19-24)38-36-20-23-9-5-6-10-29(23)45-44-43-41/h5-6,9-13,15,17-19,39,41H,4,7-8,14,16,20-21H2,1-3H3,(H,34,40)(H,35,37). The van der Waals surface area contributed by atoms with Gasteiger partial charge >= 0.3 is 0 Å². The van der Waals surface area contributed by atoms with E-state index >= 15 is 0 Å². The lowest BCUT2D eigenvalue weighted by atomic mass is 9.87. The third-order valence-electron chi connectivity index (χ3n) is 7.13. The number of carbonyl (C=O) groups excluding carboxylic acids is 1. The summed E-state index contributed by atoms with van der Waals surface area (Å²) in [6, 6.07) is 16.1. The van der Waals surface area contributed by atoms with E-state index in [1.165, 1.54) is 6.20 Å². The van der Waals surface area contributed by atoms with Crippen molar-refractivity contribution in [1.29, 1.82) is 0 Å². The fourth-order valence-corrected chi connectivity index (χ4v) is 5.05. The van der Waals surface area contributed by atoms with E-state index in [4.69, 9.17) is 9.99 Å². The number of aromatic amines is 1. The van der Waals surface area contributed by atoms with Crippen molar-refractivity contribution in [3.8, 4) is 22.8 Å². The van der Waals surface area contributed by atoms with Crippen molar-refractivity contribution >= 4 is 23.8 Å². The first-order valence-corrected chi connectivity index (χ1v) is 15.4. The van der Waals surface area contributed by atoms with E-state index in [2.05, 4.69) is 60.9 Å². The molecule has 0 saturated carbocycles. The van der Waals surface area contributed by atoms with Crippen molar-refractivity contribution in [3.05, 3.63) is 83.7 Å². The summed E-state index contributed by atoms with van der Waals surface area (Å²) in [5.74, 6) is 1.01. The zero-order valence-corrected chi connectivity index (χ0v) is 26.3. The number of ether oxygens (including phenoxy) is 1. The molecule has 1 amide bonds. The number of unbranched alkanes of at least 4 members (excludes halogenated alkanes) is 1. The average molecular weight is 635 g/mol. The molecule has 0 spiro atoms. The summed E-state index contributed by atoms with van der Waals surface area (Å²) in [5, 5.41) is 40.7. The summed E-state index contributed by atoms with van der Waals surface area (Å²) < 4.78 is 10.5. The van der Waals surface area contributed by atoms with Crippen LogP contribution in [-0.2, 0) is 22.3 Å². The molecular formula is C32H38N6O6S. The third-order valence-corrected chi connectivity index (χ3v) is 7.84. The highest BCUT2D eigenvalue weighted by atomic mass is 32.2. The number of benzene rings is 2. The molecule has 0 aliphatic heterocycles. The van der Waals surface area contributed by atoms with Crippen molar-refractivity contribution in [3.63, 3.8) is 0 Å². The number of aryl methyl sites for hydroxylation is 1. The van der Waals surface area contributed by atoms with E-state index in [1.54, 1.807) is 30.5 Å². The lowest BCUT2D eigenvalue weighted by Crippen LogP contribution is -2.34. The fraction of sp³-hybridized carbons (Fsp3) is 0.344. The maximum absolute atomic E-state index is 12.8. The number of hydrogen-bond donors (Lipinski definition) is 4. The monoisotopic (exact) mass is 634 g/mol. The zero-order valence-electron chi connectivity index (χ0n) is 25.5. The van der Waals surface area contributed by atoms with Crippen LogP contribution in [0.3, 0.4) is 0 Å². The summed E-state index contributed by atoms with van der Waals surface area (Å²) in [5.41, 5.74) is 3.64. The number of aromatic hydroxyl groups is 1. The molecule has 2 aromatic heterocycles. The summed E-state index contributed by atoms with van der Waals surface area (Å²) in [6.45, 7) is 7.62. The van der Waals surface area contributed by atoms with E-state index in [0.717, 1.165) is 59.4 Å². The van der Waals surface area contributed by atoms with Crippen LogP contribution in [0.4, 0.5) is 5.82 Å². The molecule has 0 aliphatic rings. The van der Waals surface area contributed by atoms with Crippen molar-refractivity contribution < 1.29 is 29.3 Å². The molecule has 13 heteroatoms. The van der Waals surface area contributed by atoms with Gasteiger partial charge in [0.15, 0.2) is 5.82 Å². The number of carbonyl (C=O) groups is 1. The molecule has 0 aliphatic carbocycles. The Morgan fingerprint density at radius 3 is 2.69 bits per heavy atom. The largest absolute Gasteiger partial charge is 0.507 e. The predicted molar refractivity (Wildman–Crippen MR) is 170 cm³/mol. The number of phenols is 1. The van der Waals surface area contributed by atoms with Gasteiger partial charge in [-0.1, -0.05) is 44.0 Å². The van der Waals surface area contributed by atoms with Gasteiger partial charge in [-0.05, 0) is 72.6 Å². The molecule has 0 atom stereocenters. The summed E-state index contributed by atoms with van der Waals surface area (Å²) >= 11 is 0.862. The molecule has 4 N–H and O–H groups in total. The van der Waals surface area contributed by atoms with Gasteiger partial charge < -0.3 is 15.2 Å². The molecule has 45 heavy (non-hydrogen) atoms.